The fourth-order valence-corrected chi connectivity index (χ4v) is 2.39. The molecule has 1 N–H and O–H groups in total. The Balaban J connectivity index is 2.34. The first-order chi connectivity index (χ1) is 10.1. The van der Waals surface area contributed by atoms with Crippen molar-refractivity contribution in [2.24, 2.45) is 0 Å². The summed E-state index contributed by atoms with van der Waals surface area (Å²) in [6.07, 6.45) is 6.80. The van der Waals surface area contributed by atoms with Crippen LogP contribution >= 0.6 is 11.6 Å². The van der Waals surface area contributed by atoms with Crippen LogP contribution in [0.2, 0.25) is 5.02 Å². The number of halogens is 1. The molecule has 1 unspecified atom stereocenters. The van der Waals surface area contributed by atoms with E-state index in [1.807, 2.05) is 18.8 Å². The maximum atomic E-state index is 6.36. The second kappa shape index (κ2) is 7.49. The Bertz CT molecular complexity index is 554. The number of nitrogens with one attached hydrogen (secondary N) is 1. The van der Waals surface area contributed by atoms with Crippen molar-refractivity contribution < 1.29 is 0 Å². The summed E-state index contributed by atoms with van der Waals surface area (Å²) in [7, 11) is 4.07. The number of nitrogens with zero attached hydrogens (tertiary/aromatic N) is 5. The minimum absolute atomic E-state index is 0.110. The van der Waals surface area contributed by atoms with E-state index in [4.69, 9.17) is 11.6 Å². The first kappa shape index (κ1) is 15.9. The predicted molar refractivity (Wildman–Crippen MR) is 83.3 cm³/mol. The van der Waals surface area contributed by atoms with Crippen LogP contribution in [0, 0.1) is 0 Å². The van der Waals surface area contributed by atoms with Crippen LogP contribution < -0.4 is 5.32 Å². The van der Waals surface area contributed by atoms with Gasteiger partial charge in [-0.25, -0.2) is 0 Å². The molecule has 0 saturated carbocycles. The molecule has 0 amide bonds. The predicted octanol–water partition coefficient (Wildman–Crippen LogP) is 1.59. The molecule has 2 aromatic heterocycles. The van der Waals surface area contributed by atoms with Crippen LogP contribution in [0.5, 0.6) is 0 Å². The van der Waals surface area contributed by atoms with Crippen molar-refractivity contribution in [2.45, 2.75) is 19.5 Å². The molecule has 2 rings (SSSR count). The molecule has 0 spiro atoms. The number of aromatic nitrogens is 4. The summed E-state index contributed by atoms with van der Waals surface area (Å²) in [6, 6.07) is -0.110. The average Bonchev–Trinajstić information content (AvgIpc) is 2.84. The average molecular weight is 309 g/mol. The first-order valence-corrected chi connectivity index (χ1v) is 7.36. The quantitative estimate of drug-likeness (QED) is 0.841. The summed E-state index contributed by atoms with van der Waals surface area (Å²) in [4.78, 5) is 10.7. The highest BCUT2D eigenvalue weighted by atomic mass is 35.5. The van der Waals surface area contributed by atoms with Crippen LogP contribution in [-0.2, 0) is 6.54 Å². The minimum atomic E-state index is -0.110. The minimum Gasteiger partial charge on any atom is -0.308 e. The molecule has 0 aromatic carbocycles. The van der Waals surface area contributed by atoms with Crippen molar-refractivity contribution in [1.29, 1.82) is 0 Å². The Kier molecular flexibility index (Phi) is 5.67. The van der Waals surface area contributed by atoms with Gasteiger partial charge in [0.25, 0.3) is 0 Å². The van der Waals surface area contributed by atoms with Crippen molar-refractivity contribution in [3.8, 4) is 0 Å². The fourth-order valence-electron chi connectivity index (χ4n) is 2.14. The van der Waals surface area contributed by atoms with E-state index in [0.29, 0.717) is 5.02 Å². The lowest BCUT2D eigenvalue weighted by molar-refractivity contribution is 0.365. The zero-order chi connectivity index (χ0) is 15.2. The molecular formula is C14H21ClN6. The van der Waals surface area contributed by atoms with Crippen LogP contribution in [0.3, 0.4) is 0 Å². The molecule has 0 aliphatic carbocycles. The summed E-state index contributed by atoms with van der Waals surface area (Å²) in [5.74, 6) is 0. The molecule has 0 bridgehead atoms. The van der Waals surface area contributed by atoms with Crippen molar-refractivity contribution in [2.75, 3.05) is 27.2 Å². The lowest BCUT2D eigenvalue weighted by Crippen LogP contribution is -2.28. The zero-order valence-electron chi connectivity index (χ0n) is 12.6. The Labute approximate surface area is 130 Å². The van der Waals surface area contributed by atoms with Gasteiger partial charge in [0.2, 0.25) is 0 Å². The molecule has 2 heterocycles. The van der Waals surface area contributed by atoms with Gasteiger partial charge in [-0.15, -0.1) is 0 Å². The third-order valence-corrected chi connectivity index (χ3v) is 3.44. The van der Waals surface area contributed by atoms with E-state index in [0.717, 1.165) is 31.0 Å². The number of likely N-dealkylation sites (N-methyl/N-ethyl adjacent to an activating group) is 1. The van der Waals surface area contributed by atoms with Gasteiger partial charge in [-0.1, -0.05) is 18.5 Å². The SMILES string of the molecule is CCNC(c1cnccn1)c1c(Cl)cnn1CCN(C)C. The molecule has 0 aliphatic rings. The third-order valence-electron chi connectivity index (χ3n) is 3.15. The van der Waals surface area contributed by atoms with E-state index in [1.165, 1.54) is 0 Å². The van der Waals surface area contributed by atoms with Crippen LogP contribution in [-0.4, -0.2) is 51.8 Å². The van der Waals surface area contributed by atoms with Gasteiger partial charge < -0.3 is 10.2 Å². The van der Waals surface area contributed by atoms with E-state index >= 15 is 0 Å². The third kappa shape index (κ3) is 4.00. The molecule has 0 radical (unpaired) electrons. The van der Waals surface area contributed by atoms with E-state index in [-0.39, 0.29) is 6.04 Å². The lowest BCUT2D eigenvalue weighted by atomic mass is 10.1. The Morgan fingerprint density at radius 2 is 2.14 bits per heavy atom. The standard InChI is InChI=1S/C14H21ClN6/c1-4-17-13(12-10-16-5-6-18-12)14-11(15)9-19-21(14)8-7-20(2)3/h5-6,9-10,13,17H,4,7-8H2,1-3H3. The topological polar surface area (TPSA) is 58.9 Å². The Morgan fingerprint density at radius 3 is 2.76 bits per heavy atom. The van der Waals surface area contributed by atoms with Crippen molar-refractivity contribution >= 4 is 11.6 Å². The maximum absolute atomic E-state index is 6.36. The van der Waals surface area contributed by atoms with E-state index in [2.05, 4.69) is 32.2 Å². The van der Waals surface area contributed by atoms with Gasteiger partial charge in [-0.3, -0.25) is 14.6 Å². The summed E-state index contributed by atoms with van der Waals surface area (Å²) < 4.78 is 1.93. The van der Waals surface area contributed by atoms with Crippen LogP contribution in [0.25, 0.3) is 0 Å². The fraction of sp³-hybridized carbons (Fsp3) is 0.500. The Morgan fingerprint density at radius 1 is 1.33 bits per heavy atom. The van der Waals surface area contributed by atoms with Crippen molar-refractivity contribution in [3.63, 3.8) is 0 Å². The van der Waals surface area contributed by atoms with Crippen LogP contribution in [0.15, 0.2) is 24.8 Å². The van der Waals surface area contributed by atoms with E-state index in [9.17, 15) is 0 Å². The Hall–Kier alpha value is -1.50. The van der Waals surface area contributed by atoms with E-state index in [1.54, 1.807) is 24.8 Å². The van der Waals surface area contributed by atoms with Crippen molar-refractivity contribution in [3.05, 3.63) is 41.2 Å². The summed E-state index contributed by atoms with van der Waals surface area (Å²) in [5.41, 5.74) is 1.77. The summed E-state index contributed by atoms with van der Waals surface area (Å²) in [5, 5.41) is 8.44. The second-order valence-electron chi connectivity index (χ2n) is 5.03. The largest absolute Gasteiger partial charge is 0.308 e. The first-order valence-electron chi connectivity index (χ1n) is 6.98. The highest BCUT2D eigenvalue weighted by molar-refractivity contribution is 6.31. The lowest BCUT2D eigenvalue weighted by Gasteiger charge is -2.20. The van der Waals surface area contributed by atoms with Crippen LogP contribution in [0.1, 0.15) is 24.4 Å². The van der Waals surface area contributed by atoms with Gasteiger partial charge >= 0.3 is 0 Å². The number of hydrogen-bond acceptors (Lipinski definition) is 5. The molecule has 0 saturated heterocycles. The number of rotatable bonds is 7. The van der Waals surface area contributed by atoms with Gasteiger partial charge in [0.1, 0.15) is 0 Å². The molecule has 114 valence electrons. The smallest absolute Gasteiger partial charge is 0.0952 e. The van der Waals surface area contributed by atoms with Gasteiger partial charge in [0, 0.05) is 18.9 Å². The van der Waals surface area contributed by atoms with Gasteiger partial charge in [0.05, 0.1) is 41.4 Å². The molecule has 6 nitrogen and oxygen atoms in total. The molecule has 0 fully saturated rings. The zero-order valence-corrected chi connectivity index (χ0v) is 13.4. The monoisotopic (exact) mass is 308 g/mol. The molecule has 2 aromatic rings. The highest BCUT2D eigenvalue weighted by Gasteiger charge is 2.22. The van der Waals surface area contributed by atoms with Crippen molar-refractivity contribution in [1.82, 2.24) is 30.0 Å². The number of hydrogen-bond donors (Lipinski definition) is 1. The van der Waals surface area contributed by atoms with Gasteiger partial charge in [0.15, 0.2) is 0 Å². The molecule has 1 atom stereocenters. The second-order valence-corrected chi connectivity index (χ2v) is 5.43. The normalized spacial score (nSPS) is 12.8. The molecule has 7 heteroatoms. The van der Waals surface area contributed by atoms with Crippen LogP contribution in [0.4, 0.5) is 0 Å². The van der Waals surface area contributed by atoms with E-state index < -0.39 is 0 Å². The van der Waals surface area contributed by atoms with Gasteiger partial charge in [-0.05, 0) is 20.6 Å². The molecular weight excluding hydrogens is 288 g/mol. The molecule has 21 heavy (non-hydrogen) atoms. The van der Waals surface area contributed by atoms with Gasteiger partial charge in [-0.2, -0.15) is 5.10 Å². The highest BCUT2D eigenvalue weighted by Crippen LogP contribution is 2.26. The summed E-state index contributed by atoms with van der Waals surface area (Å²) in [6.45, 7) is 4.52. The molecule has 0 aliphatic heterocycles. The summed E-state index contributed by atoms with van der Waals surface area (Å²) >= 11 is 6.36. The maximum Gasteiger partial charge on any atom is 0.0952 e.